The largest absolute Gasteiger partial charge is 0.311 e. The van der Waals surface area contributed by atoms with Gasteiger partial charge in [0.05, 0.1) is 0 Å². The van der Waals surface area contributed by atoms with Crippen molar-refractivity contribution in [3.05, 3.63) is 292 Å². The number of rotatable bonds is 32. The first kappa shape index (κ1) is 74.4. The van der Waals surface area contributed by atoms with Gasteiger partial charge in [-0.25, -0.2) is 0 Å². The molecule has 508 valence electrons. The molecular formula is C94H117N3. The zero-order chi connectivity index (χ0) is 68.7. The minimum atomic E-state index is 0.598. The summed E-state index contributed by atoms with van der Waals surface area (Å²) in [5.74, 6) is 0.598. The summed E-state index contributed by atoms with van der Waals surface area (Å²) >= 11 is 0. The van der Waals surface area contributed by atoms with Crippen LogP contribution in [0.2, 0.25) is 0 Å². The zero-order valence-corrected chi connectivity index (χ0v) is 61.7. The van der Waals surface area contributed by atoms with Gasteiger partial charge in [0, 0.05) is 51.2 Å². The molecule has 3 nitrogen and oxygen atoms in total. The van der Waals surface area contributed by atoms with E-state index in [1.165, 1.54) is 212 Å². The van der Waals surface area contributed by atoms with Gasteiger partial charge >= 0.3 is 0 Å². The van der Waals surface area contributed by atoms with Crippen LogP contribution in [0.3, 0.4) is 0 Å². The van der Waals surface area contributed by atoms with Gasteiger partial charge < -0.3 is 14.7 Å². The lowest BCUT2D eigenvalue weighted by Gasteiger charge is -2.28. The van der Waals surface area contributed by atoms with Crippen LogP contribution in [0.4, 0.5) is 51.2 Å². The number of anilines is 9. The van der Waals surface area contributed by atoms with Crippen molar-refractivity contribution in [1.82, 2.24) is 0 Å². The highest BCUT2D eigenvalue weighted by molar-refractivity contribution is 5.82. The molecule has 0 radical (unpaired) electrons. The SMILES string of the molecule is CCC(C)c1ccc(N(c2ccc(C)cc2)c2ccc(C)cc2)cc1.CCCCCCCCc1cc(C)ccc1-c1ccc(C)cc1CCCCCCCC.CCCCc1ccc(N(c2ccc(C)cc2)c2ccc(N(c3ccc(C)cc3)c3ccc(CCCC)cc3)cc2)cc1. The van der Waals surface area contributed by atoms with Gasteiger partial charge in [0.1, 0.15) is 0 Å². The van der Waals surface area contributed by atoms with Gasteiger partial charge in [0.25, 0.3) is 0 Å². The Morgan fingerprint density at radius 1 is 0.237 bits per heavy atom. The van der Waals surface area contributed by atoms with Crippen molar-refractivity contribution in [3.63, 3.8) is 0 Å². The summed E-state index contributed by atoms with van der Waals surface area (Å²) in [7, 11) is 0. The predicted molar refractivity (Wildman–Crippen MR) is 427 cm³/mol. The molecule has 1 unspecified atom stereocenters. The van der Waals surface area contributed by atoms with Crippen LogP contribution >= 0.6 is 0 Å². The second kappa shape index (κ2) is 39.7. The summed E-state index contributed by atoms with van der Waals surface area (Å²) in [4.78, 5) is 7.02. The fraction of sp³-hybridized carbons (Fsp3) is 0.362. The maximum Gasteiger partial charge on any atom is 0.0463 e. The Kier molecular flexibility index (Phi) is 30.5. The van der Waals surface area contributed by atoms with Crippen LogP contribution in [-0.2, 0) is 25.7 Å². The smallest absolute Gasteiger partial charge is 0.0463 e. The Labute approximate surface area is 589 Å². The van der Waals surface area contributed by atoms with Gasteiger partial charge in [-0.3, -0.25) is 0 Å². The van der Waals surface area contributed by atoms with Crippen LogP contribution in [0.5, 0.6) is 0 Å². The average molecular weight is 1290 g/mol. The number of nitrogens with zero attached hydrogens (tertiary/aromatic N) is 3. The lowest BCUT2D eigenvalue weighted by molar-refractivity contribution is 0.607. The molecule has 0 spiro atoms. The van der Waals surface area contributed by atoms with E-state index in [-0.39, 0.29) is 0 Å². The van der Waals surface area contributed by atoms with Gasteiger partial charge in [0.2, 0.25) is 0 Å². The van der Waals surface area contributed by atoms with Gasteiger partial charge in [-0.05, 0) is 253 Å². The van der Waals surface area contributed by atoms with Crippen molar-refractivity contribution in [2.75, 3.05) is 14.7 Å². The van der Waals surface area contributed by atoms with Gasteiger partial charge in [-0.15, -0.1) is 0 Å². The first-order valence-corrected chi connectivity index (χ1v) is 37.5. The minimum absolute atomic E-state index is 0.598. The van der Waals surface area contributed by atoms with Crippen molar-refractivity contribution in [1.29, 1.82) is 0 Å². The molecule has 0 fully saturated rings. The third kappa shape index (κ3) is 22.9. The van der Waals surface area contributed by atoms with Crippen LogP contribution in [-0.4, -0.2) is 0 Å². The quantitative estimate of drug-likeness (QED) is 0.0389. The van der Waals surface area contributed by atoms with Crippen LogP contribution < -0.4 is 14.7 Å². The third-order valence-corrected chi connectivity index (χ3v) is 19.3. The highest BCUT2D eigenvalue weighted by atomic mass is 15.2. The number of benzene rings is 10. The molecule has 0 saturated heterocycles. The lowest BCUT2D eigenvalue weighted by Crippen LogP contribution is -2.12. The first-order chi connectivity index (χ1) is 47.3. The standard InChI is InChI=1S/C40H44N2.C30H46.C24H27N/c1-5-7-9-33-15-23-37(24-16-33)41(35-19-11-31(3)12-20-35)39-27-29-40(30-28-39)42(36-21-13-32(4)14-22-36)38-25-17-34(18-26-38)10-8-6-2;1-5-7-9-11-13-15-17-27-23-25(3)19-21-29(27)30-22-20-26(4)24-28(30)18-16-14-12-10-8-6-2;1-5-20(4)21-10-16-24(17-11-21)25(22-12-6-18(2)7-13-22)23-14-8-19(3)9-15-23/h11-30H,5-10H2,1-4H3;19-24H,5-18H2,1-4H3;6-17,20H,5H2,1-4H3. The Balaban J connectivity index is 0.000000193. The summed E-state index contributed by atoms with van der Waals surface area (Å²) in [5.41, 5.74) is 28.6. The number of hydrogen-bond donors (Lipinski definition) is 0. The van der Waals surface area contributed by atoms with E-state index in [0.717, 1.165) is 35.6 Å². The van der Waals surface area contributed by atoms with Crippen LogP contribution in [0, 0.1) is 41.5 Å². The fourth-order valence-corrected chi connectivity index (χ4v) is 13.0. The third-order valence-electron chi connectivity index (χ3n) is 19.3. The molecule has 0 aliphatic carbocycles. The van der Waals surface area contributed by atoms with Gasteiger partial charge in [-0.1, -0.05) is 273 Å². The molecule has 10 aromatic rings. The summed E-state index contributed by atoms with van der Waals surface area (Å²) < 4.78 is 0. The van der Waals surface area contributed by atoms with E-state index in [1.807, 2.05) is 0 Å². The molecule has 0 saturated carbocycles. The van der Waals surface area contributed by atoms with Crippen LogP contribution in [0.1, 0.15) is 218 Å². The monoisotopic (exact) mass is 1290 g/mol. The predicted octanol–water partition coefficient (Wildman–Crippen LogP) is 29.0. The van der Waals surface area contributed by atoms with E-state index >= 15 is 0 Å². The molecular weight excluding hydrogens is 1170 g/mol. The molecule has 0 bridgehead atoms. The number of hydrogen-bond acceptors (Lipinski definition) is 3. The molecule has 10 aromatic carbocycles. The second-order valence-corrected chi connectivity index (χ2v) is 27.7. The summed E-state index contributed by atoms with van der Waals surface area (Å²) in [6.45, 7) is 26.6. The van der Waals surface area contributed by atoms with Gasteiger partial charge in [-0.2, -0.15) is 0 Å². The molecule has 0 aliphatic heterocycles. The average Bonchev–Trinajstić information content (AvgIpc) is 0.826. The molecule has 0 aliphatic rings. The second-order valence-electron chi connectivity index (χ2n) is 27.7. The van der Waals surface area contributed by atoms with E-state index in [4.69, 9.17) is 0 Å². The van der Waals surface area contributed by atoms with E-state index < -0.39 is 0 Å². The Morgan fingerprint density at radius 2 is 0.474 bits per heavy atom. The van der Waals surface area contributed by atoms with E-state index in [2.05, 4.69) is 328 Å². The Morgan fingerprint density at radius 3 is 0.753 bits per heavy atom. The molecule has 10 rings (SSSR count). The van der Waals surface area contributed by atoms with Crippen molar-refractivity contribution in [2.45, 2.75) is 224 Å². The molecule has 0 aromatic heterocycles. The summed E-state index contributed by atoms with van der Waals surface area (Å²) in [6.07, 6.45) is 27.1. The van der Waals surface area contributed by atoms with Crippen molar-refractivity contribution < 1.29 is 0 Å². The van der Waals surface area contributed by atoms with Crippen LogP contribution in [0.25, 0.3) is 11.1 Å². The topological polar surface area (TPSA) is 9.72 Å². The number of unbranched alkanes of at least 4 members (excludes halogenated alkanes) is 12. The Hall–Kier alpha value is -8.40. The molecule has 0 amide bonds. The maximum absolute atomic E-state index is 2.44. The van der Waals surface area contributed by atoms with Crippen LogP contribution in [0.15, 0.2) is 231 Å². The maximum atomic E-state index is 2.44. The molecule has 0 heterocycles. The van der Waals surface area contributed by atoms with Gasteiger partial charge in [0.15, 0.2) is 0 Å². The Bertz CT molecular complexity index is 3590. The molecule has 3 heteroatoms. The lowest BCUT2D eigenvalue weighted by atomic mass is 9.89. The minimum Gasteiger partial charge on any atom is -0.311 e. The molecule has 1 atom stereocenters. The summed E-state index contributed by atoms with van der Waals surface area (Å²) in [6, 6.07) is 85.5. The van der Waals surface area contributed by atoms with E-state index in [9.17, 15) is 0 Å². The highest BCUT2D eigenvalue weighted by Crippen LogP contribution is 2.41. The summed E-state index contributed by atoms with van der Waals surface area (Å²) in [5, 5.41) is 0. The highest BCUT2D eigenvalue weighted by Gasteiger charge is 2.18. The normalized spacial score (nSPS) is 11.3. The van der Waals surface area contributed by atoms with E-state index in [0.29, 0.717) is 5.92 Å². The fourth-order valence-electron chi connectivity index (χ4n) is 13.0. The van der Waals surface area contributed by atoms with E-state index in [1.54, 1.807) is 11.1 Å². The van der Waals surface area contributed by atoms with Crippen molar-refractivity contribution in [2.24, 2.45) is 0 Å². The number of aryl methyl sites for hydroxylation is 10. The zero-order valence-electron chi connectivity index (χ0n) is 61.7. The first-order valence-electron chi connectivity index (χ1n) is 37.5. The van der Waals surface area contributed by atoms with Crippen molar-refractivity contribution in [3.8, 4) is 11.1 Å². The molecule has 0 N–H and O–H groups in total. The molecule has 97 heavy (non-hydrogen) atoms. The van der Waals surface area contributed by atoms with Crippen molar-refractivity contribution >= 4 is 51.2 Å².